The fraction of sp³-hybridized carbons (Fsp3) is 0.455. The molecule has 0 aliphatic rings. The van der Waals surface area contributed by atoms with E-state index in [4.69, 9.17) is 17.3 Å². The van der Waals surface area contributed by atoms with Crippen LogP contribution in [-0.2, 0) is 0 Å². The Hall–Kier alpha value is -0.640. The standard InChI is InChI=1S/C11H16ClFN2/c1-7(14)5-11(15-2)9-6-8(12)3-4-10(9)13/h3-4,6-7,11,15H,5,14H2,1-2H3. The molecule has 1 aromatic carbocycles. The van der Waals surface area contributed by atoms with Crippen molar-refractivity contribution in [3.05, 3.63) is 34.6 Å². The lowest BCUT2D eigenvalue weighted by molar-refractivity contribution is 0.475. The van der Waals surface area contributed by atoms with E-state index in [0.717, 1.165) is 0 Å². The summed E-state index contributed by atoms with van der Waals surface area (Å²) >= 11 is 5.83. The van der Waals surface area contributed by atoms with Crippen LogP contribution in [0.1, 0.15) is 24.9 Å². The predicted octanol–water partition coefficient (Wildman–Crippen LogP) is 2.48. The molecule has 84 valence electrons. The second kappa shape index (κ2) is 5.45. The van der Waals surface area contributed by atoms with Crippen LogP contribution in [-0.4, -0.2) is 13.1 Å². The van der Waals surface area contributed by atoms with Crippen LogP contribution >= 0.6 is 11.6 Å². The fourth-order valence-corrected chi connectivity index (χ4v) is 1.73. The largest absolute Gasteiger partial charge is 0.328 e. The van der Waals surface area contributed by atoms with E-state index in [1.165, 1.54) is 6.07 Å². The van der Waals surface area contributed by atoms with Crippen molar-refractivity contribution in [2.24, 2.45) is 5.73 Å². The quantitative estimate of drug-likeness (QED) is 0.834. The van der Waals surface area contributed by atoms with E-state index in [2.05, 4.69) is 5.32 Å². The highest BCUT2D eigenvalue weighted by Gasteiger charge is 2.15. The van der Waals surface area contributed by atoms with E-state index >= 15 is 0 Å². The molecule has 0 heterocycles. The molecule has 1 aromatic rings. The van der Waals surface area contributed by atoms with Gasteiger partial charge in [0.2, 0.25) is 0 Å². The maximum Gasteiger partial charge on any atom is 0.128 e. The van der Waals surface area contributed by atoms with Gasteiger partial charge in [0.15, 0.2) is 0 Å². The number of halogens is 2. The Balaban J connectivity index is 2.95. The lowest BCUT2D eigenvalue weighted by Crippen LogP contribution is -2.26. The second-order valence-electron chi connectivity index (χ2n) is 3.72. The SMILES string of the molecule is CNC(CC(C)N)c1cc(Cl)ccc1F. The first kappa shape index (κ1) is 12.4. The van der Waals surface area contributed by atoms with Gasteiger partial charge in [-0.05, 0) is 38.6 Å². The van der Waals surface area contributed by atoms with E-state index in [9.17, 15) is 4.39 Å². The summed E-state index contributed by atoms with van der Waals surface area (Å²) in [6.45, 7) is 1.90. The van der Waals surface area contributed by atoms with Gasteiger partial charge in [-0.3, -0.25) is 0 Å². The maximum atomic E-state index is 13.5. The molecule has 4 heteroatoms. The Morgan fingerprint density at radius 2 is 2.20 bits per heavy atom. The zero-order chi connectivity index (χ0) is 11.4. The lowest BCUT2D eigenvalue weighted by atomic mass is 10.00. The minimum atomic E-state index is -0.251. The molecule has 0 saturated carbocycles. The van der Waals surface area contributed by atoms with Gasteiger partial charge in [-0.25, -0.2) is 4.39 Å². The monoisotopic (exact) mass is 230 g/mol. The maximum absolute atomic E-state index is 13.5. The van der Waals surface area contributed by atoms with Crippen molar-refractivity contribution in [2.75, 3.05) is 7.05 Å². The third-order valence-electron chi connectivity index (χ3n) is 2.29. The zero-order valence-electron chi connectivity index (χ0n) is 8.93. The molecule has 3 N–H and O–H groups in total. The molecule has 0 aliphatic carbocycles. The van der Waals surface area contributed by atoms with Crippen molar-refractivity contribution in [3.63, 3.8) is 0 Å². The van der Waals surface area contributed by atoms with Gasteiger partial charge >= 0.3 is 0 Å². The van der Waals surface area contributed by atoms with Crippen LogP contribution in [0.15, 0.2) is 18.2 Å². The average Bonchev–Trinajstić information content (AvgIpc) is 2.18. The summed E-state index contributed by atoms with van der Waals surface area (Å²) in [5, 5.41) is 3.58. The fourth-order valence-electron chi connectivity index (χ4n) is 1.55. The van der Waals surface area contributed by atoms with E-state index in [1.807, 2.05) is 6.92 Å². The number of rotatable bonds is 4. The molecule has 2 atom stereocenters. The number of nitrogens with two attached hydrogens (primary N) is 1. The first-order valence-corrected chi connectivity index (χ1v) is 5.30. The molecule has 1 rings (SSSR count). The van der Waals surface area contributed by atoms with Crippen LogP contribution in [0.2, 0.25) is 5.02 Å². The molecule has 0 saturated heterocycles. The van der Waals surface area contributed by atoms with Gasteiger partial charge in [0.1, 0.15) is 5.82 Å². The highest BCUT2D eigenvalue weighted by atomic mass is 35.5. The Morgan fingerprint density at radius 1 is 1.53 bits per heavy atom. The molecule has 2 nitrogen and oxygen atoms in total. The van der Waals surface area contributed by atoms with Gasteiger partial charge in [-0.15, -0.1) is 0 Å². The van der Waals surface area contributed by atoms with Gasteiger partial charge in [0.05, 0.1) is 0 Å². The van der Waals surface area contributed by atoms with Crippen molar-refractivity contribution < 1.29 is 4.39 Å². The van der Waals surface area contributed by atoms with E-state index in [-0.39, 0.29) is 17.9 Å². The summed E-state index contributed by atoms with van der Waals surface area (Å²) in [6, 6.07) is 4.48. The van der Waals surface area contributed by atoms with Gasteiger partial charge < -0.3 is 11.1 Å². The molecule has 0 radical (unpaired) electrons. The highest BCUT2D eigenvalue weighted by Crippen LogP contribution is 2.24. The Morgan fingerprint density at radius 3 is 2.73 bits per heavy atom. The normalized spacial score (nSPS) is 15.0. The summed E-state index contributed by atoms with van der Waals surface area (Å²) in [5.74, 6) is -0.251. The average molecular weight is 231 g/mol. The van der Waals surface area contributed by atoms with Gasteiger partial charge in [-0.1, -0.05) is 11.6 Å². The predicted molar refractivity (Wildman–Crippen MR) is 61.5 cm³/mol. The van der Waals surface area contributed by atoms with Crippen molar-refractivity contribution in [1.29, 1.82) is 0 Å². The smallest absolute Gasteiger partial charge is 0.128 e. The molecule has 15 heavy (non-hydrogen) atoms. The van der Waals surface area contributed by atoms with E-state index in [1.54, 1.807) is 19.2 Å². The first-order valence-electron chi connectivity index (χ1n) is 4.92. The molecule has 0 fully saturated rings. The third-order valence-corrected chi connectivity index (χ3v) is 2.52. The summed E-state index contributed by atoms with van der Waals surface area (Å²) in [6.07, 6.45) is 0.674. The number of benzene rings is 1. The van der Waals surface area contributed by atoms with Crippen LogP contribution in [0.5, 0.6) is 0 Å². The van der Waals surface area contributed by atoms with Crippen LogP contribution in [0.25, 0.3) is 0 Å². The topological polar surface area (TPSA) is 38.0 Å². The number of nitrogens with one attached hydrogen (secondary N) is 1. The molecule has 0 aliphatic heterocycles. The molecule has 0 aromatic heterocycles. The Kier molecular flexibility index (Phi) is 4.51. The number of hydrogen-bond donors (Lipinski definition) is 2. The van der Waals surface area contributed by atoms with Crippen LogP contribution < -0.4 is 11.1 Å². The van der Waals surface area contributed by atoms with Crippen molar-refractivity contribution in [1.82, 2.24) is 5.32 Å². The van der Waals surface area contributed by atoms with Gasteiger partial charge in [0, 0.05) is 22.7 Å². The number of hydrogen-bond acceptors (Lipinski definition) is 2. The molecular formula is C11H16ClFN2. The van der Waals surface area contributed by atoms with Gasteiger partial charge in [-0.2, -0.15) is 0 Å². The van der Waals surface area contributed by atoms with Crippen LogP contribution in [0.3, 0.4) is 0 Å². The van der Waals surface area contributed by atoms with E-state index in [0.29, 0.717) is 17.0 Å². The third kappa shape index (κ3) is 3.45. The molecule has 2 unspecified atom stereocenters. The van der Waals surface area contributed by atoms with E-state index < -0.39 is 0 Å². The molecule has 0 spiro atoms. The first-order chi connectivity index (χ1) is 7.04. The van der Waals surface area contributed by atoms with Gasteiger partial charge in [0.25, 0.3) is 0 Å². The second-order valence-corrected chi connectivity index (χ2v) is 4.16. The summed E-state index contributed by atoms with van der Waals surface area (Å²) < 4.78 is 13.5. The lowest BCUT2D eigenvalue weighted by Gasteiger charge is -2.19. The van der Waals surface area contributed by atoms with Crippen LogP contribution in [0.4, 0.5) is 4.39 Å². The summed E-state index contributed by atoms with van der Waals surface area (Å²) in [7, 11) is 1.79. The summed E-state index contributed by atoms with van der Waals surface area (Å²) in [5.41, 5.74) is 6.27. The van der Waals surface area contributed by atoms with Crippen molar-refractivity contribution in [3.8, 4) is 0 Å². The molecule has 0 amide bonds. The Bertz CT molecular complexity index is 328. The highest BCUT2D eigenvalue weighted by molar-refractivity contribution is 6.30. The minimum absolute atomic E-state index is 0.0147. The summed E-state index contributed by atoms with van der Waals surface area (Å²) in [4.78, 5) is 0. The van der Waals surface area contributed by atoms with Crippen LogP contribution in [0, 0.1) is 5.82 Å². The molecule has 0 bridgehead atoms. The minimum Gasteiger partial charge on any atom is -0.328 e. The van der Waals surface area contributed by atoms with Crippen molar-refractivity contribution in [2.45, 2.75) is 25.4 Å². The Labute approximate surface area is 94.6 Å². The zero-order valence-corrected chi connectivity index (χ0v) is 9.68. The van der Waals surface area contributed by atoms with Crippen molar-refractivity contribution >= 4 is 11.6 Å². The molecular weight excluding hydrogens is 215 g/mol.